The Hall–Kier alpha value is -2.88. The van der Waals surface area contributed by atoms with E-state index in [0.29, 0.717) is 10.5 Å². The number of non-ortho nitro benzene ring substituents is 1. The number of benzene rings is 1. The molecule has 2 aromatic heterocycles. The molecule has 0 atom stereocenters. The van der Waals surface area contributed by atoms with Crippen LogP contribution in [0.15, 0.2) is 30.6 Å². The number of nitro groups is 1. The number of fused-ring (bicyclic) bond motifs is 3. The largest absolute Gasteiger partial charge is 0.490 e. The average molecular weight is 364 g/mol. The minimum atomic E-state index is -5.08. The number of nitrogens with one attached hydrogen (secondary N) is 1. The minimum Gasteiger partial charge on any atom is -0.475 e. The second-order valence-corrected chi connectivity index (χ2v) is 4.89. The lowest BCUT2D eigenvalue weighted by Gasteiger charge is -1.95. The van der Waals surface area contributed by atoms with E-state index in [1.807, 2.05) is 0 Å². The van der Waals surface area contributed by atoms with Gasteiger partial charge in [-0.05, 0) is 12.1 Å². The summed E-state index contributed by atoms with van der Waals surface area (Å²) >= 11 is 5.89. The second-order valence-electron chi connectivity index (χ2n) is 4.45. The zero-order valence-corrected chi connectivity index (χ0v) is 12.2. The van der Waals surface area contributed by atoms with Crippen LogP contribution < -0.4 is 0 Å². The molecule has 0 fully saturated rings. The molecule has 0 spiro atoms. The van der Waals surface area contributed by atoms with E-state index in [9.17, 15) is 23.3 Å². The van der Waals surface area contributed by atoms with Crippen molar-refractivity contribution >= 4 is 45.1 Å². The van der Waals surface area contributed by atoms with Gasteiger partial charge in [0.05, 0.1) is 16.6 Å². The number of carbonyl (C=O) groups is 1. The lowest BCUT2D eigenvalue weighted by molar-refractivity contribution is -0.383. The standard InChI is InChI=1S/C11H6ClN3O2.C2HF3O2/c12-6-3-8-7-1-2-13-5-9(7)14-11(8)10(4-6)15(16)17;3-2(4,5)1(6)7/h1-5,14H;(H,6,7)/i5+2;. The summed E-state index contributed by atoms with van der Waals surface area (Å²) in [5.41, 5.74) is 1.21. The van der Waals surface area contributed by atoms with Crippen molar-refractivity contribution in [1.82, 2.24) is 9.97 Å². The number of rotatable bonds is 1. The Balaban J connectivity index is 0.000000256. The molecule has 0 aliphatic heterocycles. The molecule has 0 saturated heterocycles. The second kappa shape index (κ2) is 6.32. The molecule has 1 aromatic carbocycles. The van der Waals surface area contributed by atoms with E-state index < -0.39 is 17.1 Å². The summed E-state index contributed by atoms with van der Waals surface area (Å²) in [6.45, 7) is 0. The molecule has 7 nitrogen and oxygen atoms in total. The Bertz CT molecular complexity index is 939. The molecule has 0 saturated carbocycles. The van der Waals surface area contributed by atoms with Gasteiger partial charge in [0.25, 0.3) is 5.69 Å². The number of halogens is 4. The number of carboxylic acid groups (broad SMARTS) is 1. The molecule has 0 aliphatic carbocycles. The highest BCUT2D eigenvalue weighted by molar-refractivity contribution is 6.32. The zero-order valence-electron chi connectivity index (χ0n) is 11.5. The van der Waals surface area contributed by atoms with Gasteiger partial charge < -0.3 is 10.1 Å². The van der Waals surface area contributed by atoms with Gasteiger partial charge in [0.2, 0.25) is 0 Å². The van der Waals surface area contributed by atoms with Crippen molar-refractivity contribution < 1.29 is 28.0 Å². The van der Waals surface area contributed by atoms with Gasteiger partial charge in [-0.3, -0.25) is 15.1 Å². The molecule has 0 bridgehead atoms. The molecule has 3 rings (SSSR count). The third kappa shape index (κ3) is 3.54. The van der Waals surface area contributed by atoms with E-state index in [1.54, 1.807) is 24.5 Å². The fraction of sp³-hybridized carbons (Fsp3) is 0.0769. The van der Waals surface area contributed by atoms with Gasteiger partial charge >= 0.3 is 12.1 Å². The fourth-order valence-corrected chi connectivity index (χ4v) is 2.16. The highest BCUT2D eigenvalue weighted by Gasteiger charge is 2.38. The Morgan fingerprint density at radius 2 is 2.00 bits per heavy atom. The summed E-state index contributed by atoms with van der Waals surface area (Å²) in [5.74, 6) is -2.76. The van der Waals surface area contributed by atoms with Crippen LogP contribution in [-0.2, 0) is 4.79 Å². The van der Waals surface area contributed by atoms with Crippen LogP contribution in [0, 0.1) is 10.1 Å². The highest BCUT2D eigenvalue weighted by atomic mass is 35.5. The maximum Gasteiger partial charge on any atom is 0.490 e. The molecule has 11 heteroatoms. The first-order valence-electron chi connectivity index (χ1n) is 6.10. The maximum absolute atomic E-state index is 11.0. The van der Waals surface area contributed by atoms with Crippen LogP contribution in [0.5, 0.6) is 0 Å². The predicted molar refractivity (Wildman–Crippen MR) is 79.0 cm³/mol. The topological polar surface area (TPSA) is 109 Å². The van der Waals surface area contributed by atoms with Crippen LogP contribution in [0.2, 0.25) is 5.02 Å². The molecule has 2 N–H and O–H groups in total. The van der Waals surface area contributed by atoms with Crippen molar-refractivity contribution in [2.24, 2.45) is 0 Å². The van der Waals surface area contributed by atoms with E-state index in [1.165, 1.54) is 6.07 Å². The highest BCUT2D eigenvalue weighted by Crippen LogP contribution is 2.33. The van der Waals surface area contributed by atoms with E-state index in [4.69, 9.17) is 21.5 Å². The summed E-state index contributed by atoms with van der Waals surface area (Å²) < 4.78 is 31.7. The number of carboxylic acids is 1. The SMILES string of the molecule is O=C(O)C(F)(F)F.O=[N+]([O-])c1cc(Cl)cc2c1[nH]c1[14cH]nccc12. The number of hydrogen-bond donors (Lipinski definition) is 2. The molecular weight excluding hydrogens is 357 g/mol. The monoisotopic (exact) mass is 363 g/mol. The lowest BCUT2D eigenvalue weighted by atomic mass is 10.2. The van der Waals surface area contributed by atoms with Crippen LogP contribution in [0.4, 0.5) is 18.9 Å². The van der Waals surface area contributed by atoms with Crippen LogP contribution >= 0.6 is 11.6 Å². The summed E-state index contributed by atoms with van der Waals surface area (Å²) in [6.07, 6.45) is -1.81. The number of H-pyrrole nitrogens is 1. The molecule has 24 heavy (non-hydrogen) atoms. The Labute approximate surface area is 135 Å². The van der Waals surface area contributed by atoms with Gasteiger partial charge in [0.15, 0.2) is 0 Å². The molecule has 0 unspecified atom stereocenters. The van der Waals surface area contributed by atoms with Gasteiger partial charge in [-0.1, -0.05) is 11.6 Å². The molecule has 0 aliphatic rings. The van der Waals surface area contributed by atoms with Gasteiger partial charge in [0, 0.05) is 28.1 Å². The van der Waals surface area contributed by atoms with Crippen LogP contribution in [0.1, 0.15) is 0 Å². The summed E-state index contributed by atoms with van der Waals surface area (Å²) in [4.78, 5) is 26.4. The predicted octanol–water partition coefficient (Wildman–Crippen LogP) is 3.91. The summed E-state index contributed by atoms with van der Waals surface area (Å²) in [6, 6.07) is 4.85. The molecule has 2 heterocycles. The average Bonchev–Trinajstić information content (AvgIpc) is 2.84. The van der Waals surface area contributed by atoms with Crippen LogP contribution in [0.25, 0.3) is 21.8 Å². The number of aromatic nitrogens is 2. The van der Waals surface area contributed by atoms with Crippen LogP contribution in [-0.4, -0.2) is 32.1 Å². The summed E-state index contributed by atoms with van der Waals surface area (Å²) in [5, 5.41) is 20.0. The van der Waals surface area contributed by atoms with Crippen molar-refractivity contribution in [3.63, 3.8) is 0 Å². The minimum absolute atomic E-state index is 0.0244. The first-order valence-corrected chi connectivity index (χ1v) is 6.48. The van der Waals surface area contributed by atoms with Crippen molar-refractivity contribution in [3.05, 3.63) is 45.7 Å². The molecular formula is C13H7ClF3N3O4. The third-order valence-corrected chi connectivity index (χ3v) is 3.11. The van der Waals surface area contributed by atoms with E-state index >= 15 is 0 Å². The van der Waals surface area contributed by atoms with Gasteiger partial charge in [-0.15, -0.1) is 0 Å². The first-order chi connectivity index (χ1) is 11.1. The Morgan fingerprint density at radius 3 is 2.54 bits per heavy atom. The molecule has 126 valence electrons. The van der Waals surface area contributed by atoms with E-state index in [0.717, 1.165) is 16.3 Å². The van der Waals surface area contributed by atoms with Crippen molar-refractivity contribution in [2.75, 3.05) is 0 Å². The lowest BCUT2D eigenvalue weighted by Crippen LogP contribution is -2.21. The first kappa shape index (κ1) is 17.5. The maximum atomic E-state index is 11.0. The van der Waals surface area contributed by atoms with Gasteiger partial charge in [0.1, 0.15) is 5.52 Å². The molecule has 0 amide bonds. The number of nitro benzene ring substituents is 1. The van der Waals surface area contributed by atoms with Gasteiger partial charge in [-0.2, -0.15) is 13.2 Å². The van der Waals surface area contributed by atoms with Crippen molar-refractivity contribution in [1.29, 1.82) is 0 Å². The number of aliphatic carboxylic acids is 1. The molecule has 0 radical (unpaired) electrons. The van der Waals surface area contributed by atoms with Crippen molar-refractivity contribution in [3.8, 4) is 0 Å². The van der Waals surface area contributed by atoms with E-state index in [2.05, 4.69) is 9.97 Å². The summed E-state index contributed by atoms with van der Waals surface area (Å²) in [7, 11) is 0. The Kier molecular flexibility index (Phi) is 4.60. The normalized spacial score (nSPS) is 11.2. The number of pyridine rings is 1. The Morgan fingerprint density at radius 1 is 1.38 bits per heavy atom. The quantitative estimate of drug-likeness (QED) is 0.503. The zero-order chi connectivity index (χ0) is 18.1. The number of nitrogens with zero attached hydrogens (tertiary/aromatic N) is 2. The van der Waals surface area contributed by atoms with Crippen LogP contribution in [0.3, 0.4) is 0 Å². The van der Waals surface area contributed by atoms with Crippen molar-refractivity contribution in [2.45, 2.75) is 6.18 Å². The number of aromatic amines is 1. The van der Waals surface area contributed by atoms with E-state index in [-0.39, 0.29) is 5.69 Å². The fourth-order valence-electron chi connectivity index (χ4n) is 1.94. The third-order valence-electron chi connectivity index (χ3n) is 2.89. The van der Waals surface area contributed by atoms with Gasteiger partial charge in [-0.25, -0.2) is 4.79 Å². The molecule has 3 aromatic rings. The number of alkyl halides is 3. The number of hydrogen-bond acceptors (Lipinski definition) is 4. The smallest absolute Gasteiger partial charge is 0.475 e.